The number of alkyl halides is 3. The van der Waals surface area contributed by atoms with E-state index < -0.39 is 29.9 Å². The molecule has 1 atom stereocenters. The third-order valence-electron chi connectivity index (χ3n) is 1.97. The molecule has 1 heterocycles. The van der Waals surface area contributed by atoms with E-state index in [-0.39, 0.29) is 5.82 Å². The Kier molecular flexibility index (Phi) is 3.11. The van der Waals surface area contributed by atoms with Crippen LogP contribution < -0.4 is 17.0 Å². The summed E-state index contributed by atoms with van der Waals surface area (Å²) in [5.74, 6) is -0.287. The molecule has 0 aromatic carbocycles. The summed E-state index contributed by atoms with van der Waals surface area (Å²) in [6.07, 6.45) is -5.59. The first-order valence-electron chi connectivity index (χ1n) is 4.39. The second-order valence-corrected chi connectivity index (χ2v) is 3.40. The number of aromatic nitrogens is 2. The third kappa shape index (κ3) is 2.88. The number of halogens is 3. The molecule has 0 radical (unpaired) electrons. The van der Waals surface area contributed by atoms with Crippen molar-refractivity contribution in [3.63, 3.8) is 0 Å². The summed E-state index contributed by atoms with van der Waals surface area (Å²) in [6.45, 7) is 1.20. The Balaban J connectivity index is 3.14. The van der Waals surface area contributed by atoms with E-state index in [9.17, 15) is 22.8 Å². The summed E-state index contributed by atoms with van der Waals surface area (Å²) in [4.78, 5) is 23.9. The Bertz CT molecular complexity index is 489. The van der Waals surface area contributed by atoms with E-state index in [0.717, 1.165) is 6.07 Å². The van der Waals surface area contributed by atoms with Gasteiger partial charge in [0.2, 0.25) is 0 Å². The lowest BCUT2D eigenvalue weighted by molar-refractivity contribution is -0.141. The minimum absolute atomic E-state index is 0.287. The van der Waals surface area contributed by atoms with Gasteiger partial charge < -0.3 is 5.73 Å². The predicted molar refractivity (Wildman–Crippen MR) is 51.1 cm³/mol. The summed E-state index contributed by atoms with van der Waals surface area (Å²) >= 11 is 0. The molecule has 8 heteroatoms. The van der Waals surface area contributed by atoms with Gasteiger partial charge in [0.25, 0.3) is 5.56 Å². The van der Waals surface area contributed by atoms with Crippen molar-refractivity contribution in [2.45, 2.75) is 25.6 Å². The van der Waals surface area contributed by atoms with Crippen molar-refractivity contribution in [3.8, 4) is 0 Å². The molecule has 1 unspecified atom stereocenters. The van der Waals surface area contributed by atoms with Crippen LogP contribution in [0.2, 0.25) is 0 Å². The quantitative estimate of drug-likeness (QED) is 0.791. The van der Waals surface area contributed by atoms with Gasteiger partial charge in [-0.15, -0.1) is 0 Å². The summed E-state index contributed by atoms with van der Waals surface area (Å²) in [7, 11) is 0. The largest absolute Gasteiger partial charge is 0.391 e. The minimum atomic E-state index is -4.40. The second-order valence-electron chi connectivity index (χ2n) is 3.40. The van der Waals surface area contributed by atoms with Gasteiger partial charge in [0.05, 0.1) is 6.42 Å². The zero-order valence-electron chi connectivity index (χ0n) is 8.34. The van der Waals surface area contributed by atoms with Crippen LogP contribution in [-0.2, 0) is 0 Å². The van der Waals surface area contributed by atoms with Crippen molar-refractivity contribution in [3.05, 3.63) is 26.9 Å². The number of hydrogen-bond acceptors (Lipinski definition) is 3. The fourth-order valence-electron chi connectivity index (χ4n) is 1.40. The van der Waals surface area contributed by atoms with Crippen LogP contribution in [0.15, 0.2) is 15.7 Å². The summed E-state index contributed by atoms with van der Waals surface area (Å²) in [6, 6.07) is -0.293. The van der Waals surface area contributed by atoms with Crippen LogP contribution in [0.3, 0.4) is 0 Å². The normalized spacial score (nSPS) is 13.8. The average molecular weight is 237 g/mol. The molecule has 16 heavy (non-hydrogen) atoms. The van der Waals surface area contributed by atoms with E-state index in [4.69, 9.17) is 5.73 Å². The lowest BCUT2D eigenvalue weighted by Crippen LogP contribution is -2.34. The number of anilines is 1. The number of nitrogens with two attached hydrogens (primary N) is 1. The first kappa shape index (κ1) is 12.3. The molecule has 0 aliphatic rings. The molecule has 1 aromatic heterocycles. The van der Waals surface area contributed by atoms with Gasteiger partial charge in [-0.2, -0.15) is 13.2 Å². The van der Waals surface area contributed by atoms with Crippen LogP contribution >= 0.6 is 0 Å². The Hall–Kier alpha value is -1.73. The number of nitrogens with one attached hydrogen (secondary N) is 1. The number of rotatable bonds is 2. The Morgan fingerprint density at radius 1 is 1.50 bits per heavy atom. The van der Waals surface area contributed by atoms with Crippen molar-refractivity contribution in [2.75, 3.05) is 5.73 Å². The highest BCUT2D eigenvalue weighted by Crippen LogP contribution is 2.27. The molecule has 1 aromatic rings. The van der Waals surface area contributed by atoms with Gasteiger partial charge in [-0.05, 0) is 6.92 Å². The first-order valence-corrected chi connectivity index (χ1v) is 4.39. The van der Waals surface area contributed by atoms with E-state index >= 15 is 0 Å². The summed E-state index contributed by atoms with van der Waals surface area (Å²) in [5.41, 5.74) is 3.64. The molecule has 0 amide bonds. The molecule has 3 N–H and O–H groups in total. The molecule has 0 bridgehead atoms. The van der Waals surface area contributed by atoms with Crippen LogP contribution in [0.5, 0.6) is 0 Å². The molecule has 0 aliphatic heterocycles. The van der Waals surface area contributed by atoms with Crippen molar-refractivity contribution < 1.29 is 13.2 Å². The van der Waals surface area contributed by atoms with E-state index in [1.807, 2.05) is 4.98 Å². The maximum Gasteiger partial charge on any atom is 0.391 e. The van der Waals surface area contributed by atoms with E-state index in [1.165, 1.54) is 6.92 Å². The molecule has 0 fully saturated rings. The maximum absolute atomic E-state index is 12.1. The first-order chi connectivity index (χ1) is 7.20. The highest BCUT2D eigenvalue weighted by Gasteiger charge is 2.31. The molecular weight excluding hydrogens is 227 g/mol. The number of nitrogen functional groups attached to an aromatic ring is 1. The molecule has 0 saturated carbocycles. The van der Waals surface area contributed by atoms with Gasteiger partial charge in [-0.3, -0.25) is 14.3 Å². The molecule has 1 rings (SSSR count). The second kappa shape index (κ2) is 4.03. The maximum atomic E-state index is 12.1. The van der Waals surface area contributed by atoms with Crippen LogP contribution in [0, 0.1) is 0 Å². The fraction of sp³-hybridized carbons (Fsp3) is 0.500. The zero-order valence-corrected chi connectivity index (χ0v) is 8.34. The molecule has 5 nitrogen and oxygen atoms in total. The standard InChI is InChI=1S/C8H10F3N3O2/c1-4(3-8(9,10)11)14-5(12)2-6(15)13-7(14)16/h2,4H,3,12H2,1H3,(H,13,15,16). The van der Waals surface area contributed by atoms with Gasteiger partial charge in [0.1, 0.15) is 5.82 Å². The topological polar surface area (TPSA) is 80.9 Å². The molecule has 90 valence electrons. The van der Waals surface area contributed by atoms with E-state index in [0.29, 0.717) is 4.57 Å². The van der Waals surface area contributed by atoms with Gasteiger partial charge in [-0.1, -0.05) is 0 Å². The highest BCUT2D eigenvalue weighted by atomic mass is 19.4. The SMILES string of the molecule is CC(CC(F)(F)F)n1c(N)cc(=O)[nH]c1=O. The van der Waals surface area contributed by atoms with Gasteiger partial charge in [0, 0.05) is 12.1 Å². The van der Waals surface area contributed by atoms with Crippen LogP contribution in [-0.4, -0.2) is 15.7 Å². The molecular formula is C8H10F3N3O2. The Morgan fingerprint density at radius 3 is 2.50 bits per heavy atom. The third-order valence-corrected chi connectivity index (χ3v) is 1.97. The number of aromatic amines is 1. The van der Waals surface area contributed by atoms with E-state index in [1.54, 1.807) is 0 Å². The van der Waals surface area contributed by atoms with Crippen molar-refractivity contribution >= 4 is 5.82 Å². The predicted octanol–water partition coefficient (Wildman–Crippen LogP) is 0.632. The van der Waals surface area contributed by atoms with Gasteiger partial charge in [-0.25, -0.2) is 4.79 Å². The number of hydrogen-bond donors (Lipinski definition) is 2. The molecule has 0 aliphatic carbocycles. The monoisotopic (exact) mass is 237 g/mol. The summed E-state index contributed by atoms with van der Waals surface area (Å²) < 4.78 is 37.0. The average Bonchev–Trinajstić information content (AvgIpc) is 1.96. The Labute approximate surface area is 87.7 Å². The highest BCUT2D eigenvalue weighted by molar-refractivity contribution is 5.26. The van der Waals surface area contributed by atoms with Crippen molar-refractivity contribution in [1.29, 1.82) is 0 Å². The van der Waals surface area contributed by atoms with Crippen molar-refractivity contribution in [2.24, 2.45) is 0 Å². The zero-order chi connectivity index (χ0) is 12.5. The smallest absolute Gasteiger partial charge is 0.385 e. The van der Waals surface area contributed by atoms with Crippen LogP contribution in [0.4, 0.5) is 19.0 Å². The van der Waals surface area contributed by atoms with Gasteiger partial charge in [0.15, 0.2) is 0 Å². The van der Waals surface area contributed by atoms with Crippen LogP contribution in [0.1, 0.15) is 19.4 Å². The number of H-pyrrole nitrogens is 1. The van der Waals surface area contributed by atoms with E-state index in [2.05, 4.69) is 0 Å². The molecule has 0 spiro atoms. The lowest BCUT2D eigenvalue weighted by atomic mass is 10.2. The minimum Gasteiger partial charge on any atom is -0.385 e. The summed E-state index contributed by atoms with van der Waals surface area (Å²) in [5, 5.41) is 0. The van der Waals surface area contributed by atoms with Crippen molar-refractivity contribution in [1.82, 2.24) is 9.55 Å². The van der Waals surface area contributed by atoms with Gasteiger partial charge >= 0.3 is 11.9 Å². The molecule has 0 saturated heterocycles. The lowest BCUT2D eigenvalue weighted by Gasteiger charge is -2.18. The number of nitrogens with zero attached hydrogens (tertiary/aromatic N) is 1. The van der Waals surface area contributed by atoms with Crippen LogP contribution in [0.25, 0.3) is 0 Å². The fourth-order valence-corrected chi connectivity index (χ4v) is 1.40. The Morgan fingerprint density at radius 2 is 2.06 bits per heavy atom.